The minimum atomic E-state index is 0.697. The predicted molar refractivity (Wildman–Crippen MR) is 61.8 cm³/mol. The zero-order chi connectivity index (χ0) is 9.97. The number of hydrogen-bond acceptors (Lipinski definition) is 4. The number of nitrogens with zero attached hydrogens (tertiary/aromatic N) is 2. The molecule has 0 aliphatic heterocycles. The van der Waals surface area contributed by atoms with Crippen LogP contribution in [-0.2, 0) is 0 Å². The second-order valence-corrected chi connectivity index (χ2v) is 4.43. The van der Waals surface area contributed by atoms with Crippen LogP contribution in [0.15, 0.2) is 30.3 Å². The van der Waals surface area contributed by atoms with Crippen molar-refractivity contribution in [3.05, 3.63) is 34.3 Å². The van der Waals surface area contributed by atoms with Crippen molar-refractivity contribution in [1.29, 1.82) is 0 Å². The van der Waals surface area contributed by atoms with Crippen molar-refractivity contribution in [2.24, 2.45) is 0 Å². The number of hydrogen-bond donors (Lipinski definition) is 1. The van der Waals surface area contributed by atoms with Crippen molar-refractivity contribution in [3.63, 3.8) is 0 Å². The van der Waals surface area contributed by atoms with Crippen LogP contribution in [0.1, 0.15) is 0 Å². The Morgan fingerprint density at radius 2 is 2.07 bits per heavy atom. The third-order valence-electron chi connectivity index (χ3n) is 1.86. The summed E-state index contributed by atoms with van der Waals surface area (Å²) in [6, 6.07) is 10.0. The predicted octanol–water partition coefficient (Wildman–Crippen LogP) is 2.97. The fraction of sp³-hybridized carbons (Fsp3) is 0.111. The van der Waals surface area contributed by atoms with Crippen LogP contribution in [0.25, 0.3) is 0 Å². The molecule has 0 spiro atoms. The molecule has 0 bridgehead atoms. The van der Waals surface area contributed by atoms with Crippen LogP contribution in [-0.4, -0.2) is 17.2 Å². The molecule has 2 rings (SSSR count). The van der Waals surface area contributed by atoms with Crippen LogP contribution in [0.3, 0.4) is 0 Å². The second kappa shape index (κ2) is 3.89. The first-order valence-electron chi connectivity index (χ1n) is 4.11. The Balaban J connectivity index is 2.33. The summed E-state index contributed by atoms with van der Waals surface area (Å²) in [6.07, 6.45) is 0. The zero-order valence-corrected chi connectivity index (χ0v) is 9.23. The molecule has 0 radical (unpaired) electrons. The van der Waals surface area contributed by atoms with E-state index >= 15 is 0 Å². The number of anilines is 2. The number of H-pyrrole nitrogens is 1. The molecule has 0 atom stereocenters. The van der Waals surface area contributed by atoms with Crippen LogP contribution >= 0.6 is 23.6 Å². The Hall–Kier alpha value is -1.20. The van der Waals surface area contributed by atoms with E-state index < -0.39 is 0 Å². The molecule has 0 saturated carbocycles. The van der Waals surface area contributed by atoms with Crippen molar-refractivity contribution in [2.75, 3.05) is 11.9 Å². The van der Waals surface area contributed by atoms with Gasteiger partial charge in [0.1, 0.15) is 0 Å². The van der Waals surface area contributed by atoms with Gasteiger partial charge in [0.05, 0.1) is 0 Å². The maximum absolute atomic E-state index is 4.98. The lowest BCUT2D eigenvalue weighted by Gasteiger charge is -2.14. The number of para-hydroxylation sites is 1. The summed E-state index contributed by atoms with van der Waals surface area (Å²) in [6.45, 7) is 0. The molecule has 1 heterocycles. The molecule has 1 aromatic heterocycles. The van der Waals surface area contributed by atoms with Gasteiger partial charge in [-0.3, -0.25) is 5.10 Å². The fourth-order valence-electron chi connectivity index (χ4n) is 1.13. The topological polar surface area (TPSA) is 31.9 Å². The van der Waals surface area contributed by atoms with Crippen LogP contribution in [0, 0.1) is 3.95 Å². The Morgan fingerprint density at radius 3 is 2.64 bits per heavy atom. The van der Waals surface area contributed by atoms with Crippen molar-refractivity contribution in [1.82, 2.24) is 10.2 Å². The molecule has 0 fully saturated rings. The lowest BCUT2D eigenvalue weighted by Crippen LogP contribution is -2.08. The van der Waals surface area contributed by atoms with Crippen LogP contribution in [0.4, 0.5) is 10.8 Å². The molecule has 1 aromatic carbocycles. The third kappa shape index (κ3) is 1.83. The van der Waals surface area contributed by atoms with Crippen LogP contribution < -0.4 is 4.90 Å². The summed E-state index contributed by atoms with van der Waals surface area (Å²) < 4.78 is 0.697. The zero-order valence-electron chi connectivity index (χ0n) is 7.60. The normalized spacial score (nSPS) is 10.1. The number of benzene rings is 1. The Morgan fingerprint density at radius 1 is 1.36 bits per heavy atom. The van der Waals surface area contributed by atoms with Crippen molar-refractivity contribution in [2.45, 2.75) is 0 Å². The van der Waals surface area contributed by atoms with Crippen molar-refractivity contribution in [3.8, 4) is 0 Å². The van der Waals surface area contributed by atoms with Gasteiger partial charge in [0.15, 0.2) is 3.95 Å². The first-order chi connectivity index (χ1) is 6.77. The largest absolute Gasteiger partial charge is 0.320 e. The van der Waals surface area contributed by atoms with E-state index in [0.717, 1.165) is 10.8 Å². The van der Waals surface area contributed by atoms with Gasteiger partial charge in [-0.1, -0.05) is 29.5 Å². The van der Waals surface area contributed by atoms with E-state index in [-0.39, 0.29) is 0 Å². The molecule has 72 valence electrons. The molecule has 3 nitrogen and oxygen atoms in total. The molecule has 2 aromatic rings. The number of aromatic amines is 1. The van der Waals surface area contributed by atoms with E-state index in [0.29, 0.717) is 3.95 Å². The number of aromatic nitrogens is 2. The fourth-order valence-corrected chi connectivity index (χ4v) is 1.99. The summed E-state index contributed by atoms with van der Waals surface area (Å²) in [4.78, 5) is 2.00. The standard InChI is InChI=1S/C9H9N3S2/c1-12(7-5-3-2-4-6-7)8-10-11-9(13)14-8/h2-6H,1H3,(H,11,13). The summed E-state index contributed by atoms with van der Waals surface area (Å²) >= 11 is 6.44. The van der Waals surface area contributed by atoms with Gasteiger partial charge in [0, 0.05) is 12.7 Å². The van der Waals surface area contributed by atoms with Gasteiger partial charge < -0.3 is 4.90 Å². The van der Waals surface area contributed by atoms with Gasteiger partial charge in [-0.2, -0.15) is 0 Å². The molecular formula is C9H9N3S2. The summed E-state index contributed by atoms with van der Waals surface area (Å²) in [5.74, 6) is 0. The SMILES string of the molecule is CN(c1ccccc1)c1n[nH]c(=S)s1. The summed E-state index contributed by atoms with van der Waals surface area (Å²) in [5, 5.41) is 7.74. The molecule has 5 heteroatoms. The molecule has 0 aliphatic rings. The average molecular weight is 223 g/mol. The van der Waals surface area contributed by atoms with E-state index in [1.807, 2.05) is 42.3 Å². The Kier molecular flexibility index (Phi) is 2.60. The minimum absolute atomic E-state index is 0.697. The molecule has 1 N–H and O–H groups in total. The van der Waals surface area contributed by atoms with Gasteiger partial charge in [-0.25, -0.2) is 0 Å². The van der Waals surface area contributed by atoms with Gasteiger partial charge in [0.25, 0.3) is 0 Å². The highest BCUT2D eigenvalue weighted by Gasteiger charge is 2.05. The van der Waals surface area contributed by atoms with E-state index in [1.165, 1.54) is 11.3 Å². The third-order valence-corrected chi connectivity index (χ3v) is 3.02. The first kappa shape index (κ1) is 9.36. The molecule has 0 aliphatic carbocycles. The van der Waals surface area contributed by atoms with Gasteiger partial charge in [0.2, 0.25) is 5.13 Å². The van der Waals surface area contributed by atoms with Crippen LogP contribution in [0.5, 0.6) is 0 Å². The average Bonchev–Trinajstić information content (AvgIpc) is 2.65. The highest BCUT2D eigenvalue weighted by atomic mass is 32.1. The quantitative estimate of drug-likeness (QED) is 0.794. The Bertz CT molecular complexity index is 460. The molecular weight excluding hydrogens is 214 g/mol. The van der Waals surface area contributed by atoms with Gasteiger partial charge in [-0.05, 0) is 24.4 Å². The number of nitrogens with one attached hydrogen (secondary N) is 1. The molecule has 0 amide bonds. The van der Waals surface area contributed by atoms with Crippen LogP contribution in [0.2, 0.25) is 0 Å². The summed E-state index contributed by atoms with van der Waals surface area (Å²) in [7, 11) is 1.97. The lowest BCUT2D eigenvalue weighted by molar-refractivity contribution is 1.04. The number of rotatable bonds is 2. The smallest absolute Gasteiger partial charge is 0.211 e. The summed E-state index contributed by atoms with van der Waals surface area (Å²) in [5.41, 5.74) is 1.10. The molecule has 0 unspecified atom stereocenters. The highest BCUT2D eigenvalue weighted by Crippen LogP contribution is 2.24. The van der Waals surface area contributed by atoms with Crippen molar-refractivity contribution >= 4 is 34.4 Å². The highest BCUT2D eigenvalue weighted by molar-refractivity contribution is 7.73. The van der Waals surface area contributed by atoms with Crippen molar-refractivity contribution < 1.29 is 0 Å². The molecule has 14 heavy (non-hydrogen) atoms. The van der Waals surface area contributed by atoms with E-state index in [4.69, 9.17) is 12.2 Å². The van der Waals surface area contributed by atoms with E-state index in [2.05, 4.69) is 10.2 Å². The minimum Gasteiger partial charge on any atom is -0.320 e. The first-order valence-corrected chi connectivity index (χ1v) is 5.34. The van der Waals surface area contributed by atoms with E-state index in [1.54, 1.807) is 0 Å². The molecule has 0 saturated heterocycles. The second-order valence-electron chi connectivity index (χ2n) is 2.79. The van der Waals surface area contributed by atoms with E-state index in [9.17, 15) is 0 Å². The maximum Gasteiger partial charge on any atom is 0.211 e. The monoisotopic (exact) mass is 223 g/mol. The maximum atomic E-state index is 4.98. The van der Waals surface area contributed by atoms with Gasteiger partial charge in [-0.15, -0.1) is 5.10 Å². The van der Waals surface area contributed by atoms with Gasteiger partial charge >= 0.3 is 0 Å². The Labute approximate surface area is 91.0 Å². The lowest BCUT2D eigenvalue weighted by atomic mass is 10.3.